The number of nitrogens with one attached hydrogen (secondary N) is 2. The van der Waals surface area contributed by atoms with Gasteiger partial charge in [0.2, 0.25) is 0 Å². The van der Waals surface area contributed by atoms with Gasteiger partial charge in [-0.15, -0.1) is 10.2 Å². The molecule has 2 atom stereocenters. The van der Waals surface area contributed by atoms with E-state index < -0.39 is 0 Å². The lowest BCUT2D eigenvalue weighted by atomic mass is 9.85. The van der Waals surface area contributed by atoms with E-state index in [-0.39, 0.29) is 41.4 Å². The van der Waals surface area contributed by atoms with Crippen molar-refractivity contribution in [2.75, 3.05) is 5.32 Å². The molecule has 0 radical (unpaired) electrons. The van der Waals surface area contributed by atoms with Crippen molar-refractivity contribution >= 4 is 17.5 Å². The molecule has 0 bridgehead atoms. The molecule has 3 aromatic heterocycles. The summed E-state index contributed by atoms with van der Waals surface area (Å²) in [6, 6.07) is 13.1. The quantitative estimate of drug-likeness (QED) is 0.308. The van der Waals surface area contributed by atoms with Gasteiger partial charge in [0.25, 0.3) is 0 Å². The van der Waals surface area contributed by atoms with Gasteiger partial charge in [-0.1, -0.05) is 65.8 Å². The van der Waals surface area contributed by atoms with Crippen LogP contribution in [0.4, 0.5) is 10.6 Å². The summed E-state index contributed by atoms with van der Waals surface area (Å²) in [6.45, 7) is 12.1. The summed E-state index contributed by atoms with van der Waals surface area (Å²) in [6.07, 6.45) is 3.22. The van der Waals surface area contributed by atoms with Crippen LogP contribution in [0.1, 0.15) is 95.0 Å². The highest BCUT2D eigenvalue weighted by Crippen LogP contribution is 2.39. The lowest BCUT2D eigenvalue weighted by Gasteiger charge is -2.32. The minimum Gasteiger partial charge on any atom is -0.484 e. The first-order chi connectivity index (χ1) is 18.9. The van der Waals surface area contributed by atoms with E-state index in [9.17, 15) is 9.90 Å². The normalized spacial score (nSPS) is 17.4. The molecule has 1 aliphatic carbocycles. The fraction of sp³-hybridized carbons (Fsp3) is 0.433. The Bertz CT molecular complexity index is 1530. The van der Waals surface area contributed by atoms with Crippen LogP contribution >= 0.6 is 0 Å². The summed E-state index contributed by atoms with van der Waals surface area (Å²) in [4.78, 5) is 21.7. The number of amides is 2. The maximum Gasteiger partial charge on any atom is 0.320 e. The third-order valence-electron chi connectivity index (χ3n) is 6.99. The van der Waals surface area contributed by atoms with Crippen LogP contribution in [0.2, 0.25) is 0 Å². The first-order valence-corrected chi connectivity index (χ1v) is 13.6. The summed E-state index contributed by atoms with van der Waals surface area (Å²) < 4.78 is 8.49. The molecule has 0 aliphatic heterocycles. The molecule has 2 amide bonds. The van der Waals surface area contributed by atoms with Crippen LogP contribution in [0.15, 0.2) is 48.7 Å². The molecule has 4 aromatic rings. The number of fused-ring (bicyclic) bond motifs is 2. The summed E-state index contributed by atoms with van der Waals surface area (Å²) in [5.74, 6) is 2.23. The number of aliphatic hydroxyl groups excluding tert-OH is 1. The average Bonchev–Trinajstić information content (AvgIpc) is 3.33. The van der Waals surface area contributed by atoms with Crippen molar-refractivity contribution in [2.24, 2.45) is 0 Å². The molecular formula is C30H37N7O3. The van der Waals surface area contributed by atoms with E-state index in [1.807, 2.05) is 61.7 Å². The number of hydrogen-bond donors (Lipinski definition) is 3. The van der Waals surface area contributed by atoms with Crippen LogP contribution in [-0.2, 0) is 17.4 Å². The van der Waals surface area contributed by atoms with E-state index in [1.54, 1.807) is 6.07 Å². The number of carbonyl (C=O) groups excluding carboxylic acids is 1. The molecule has 0 fully saturated rings. The zero-order valence-electron chi connectivity index (χ0n) is 23.9. The van der Waals surface area contributed by atoms with Crippen LogP contribution in [-0.4, -0.2) is 35.7 Å². The second kappa shape index (κ2) is 10.5. The second-order valence-corrected chi connectivity index (χ2v) is 12.3. The molecule has 3 heterocycles. The number of anilines is 1. The van der Waals surface area contributed by atoms with Gasteiger partial charge in [0, 0.05) is 16.9 Å². The molecule has 0 spiro atoms. The third-order valence-corrected chi connectivity index (χ3v) is 6.99. The highest BCUT2D eigenvalue weighted by Gasteiger charge is 2.30. The Kier molecular flexibility index (Phi) is 7.22. The average molecular weight is 544 g/mol. The third kappa shape index (κ3) is 5.77. The molecule has 210 valence electrons. The molecule has 1 aliphatic rings. The number of ether oxygens (including phenoxy) is 1. The minimum absolute atomic E-state index is 0.158. The van der Waals surface area contributed by atoms with Crippen molar-refractivity contribution < 1.29 is 14.6 Å². The van der Waals surface area contributed by atoms with E-state index in [1.165, 1.54) is 0 Å². The van der Waals surface area contributed by atoms with Gasteiger partial charge in [0.1, 0.15) is 30.1 Å². The molecule has 1 aromatic carbocycles. The number of urea groups is 1. The number of pyridine rings is 1. The van der Waals surface area contributed by atoms with Crippen molar-refractivity contribution in [2.45, 2.75) is 84.0 Å². The number of hydrogen-bond acceptors (Lipinski definition) is 7. The summed E-state index contributed by atoms with van der Waals surface area (Å²) in [5, 5.41) is 24.2. The van der Waals surface area contributed by atoms with Gasteiger partial charge in [-0.2, -0.15) is 0 Å². The topological polar surface area (TPSA) is 127 Å². The van der Waals surface area contributed by atoms with E-state index in [4.69, 9.17) is 4.74 Å². The first kappa shape index (κ1) is 27.5. The Morgan fingerprint density at radius 1 is 1.00 bits per heavy atom. The Balaban J connectivity index is 1.33. The predicted octanol–water partition coefficient (Wildman–Crippen LogP) is 5.38. The van der Waals surface area contributed by atoms with Crippen molar-refractivity contribution in [1.82, 2.24) is 29.9 Å². The van der Waals surface area contributed by atoms with Crippen molar-refractivity contribution in [1.29, 1.82) is 0 Å². The lowest BCUT2D eigenvalue weighted by Crippen LogP contribution is -2.36. The van der Waals surface area contributed by atoms with Crippen molar-refractivity contribution in [3.8, 4) is 5.75 Å². The van der Waals surface area contributed by atoms with E-state index in [2.05, 4.69) is 57.6 Å². The maximum atomic E-state index is 13.0. The smallest absolute Gasteiger partial charge is 0.320 e. The highest BCUT2D eigenvalue weighted by atomic mass is 16.5. The van der Waals surface area contributed by atoms with E-state index >= 15 is 0 Å². The Morgan fingerprint density at radius 3 is 2.45 bits per heavy atom. The van der Waals surface area contributed by atoms with E-state index in [0.29, 0.717) is 12.2 Å². The number of rotatable bonds is 5. The molecule has 0 saturated heterocycles. The fourth-order valence-electron chi connectivity index (χ4n) is 4.97. The fourth-order valence-corrected chi connectivity index (χ4v) is 4.97. The number of nitrogens with zero attached hydrogens (tertiary/aromatic N) is 5. The number of aliphatic hydroxyl groups is 1. The standard InChI is InChI=1S/C30H37N7O3/c1-29(2,3)23-15-24(33-25(17-38)32-23)34-28(39)31-21-12-13-22(20-10-8-7-9-19(20)21)40-18-11-14-26-35-36-27(30(4,5)6)37(26)16-18/h7-11,14-16,21-22,38H,12-13,17H2,1-6H3,(H2,31,32,33,34,39)/t21-,22+/m0/s1. The summed E-state index contributed by atoms with van der Waals surface area (Å²) >= 11 is 0. The monoisotopic (exact) mass is 543 g/mol. The predicted molar refractivity (Wildman–Crippen MR) is 152 cm³/mol. The Labute approximate surface area is 234 Å². The van der Waals surface area contributed by atoms with Crippen LogP contribution in [0.25, 0.3) is 5.65 Å². The number of carbonyl (C=O) groups is 1. The zero-order chi connectivity index (χ0) is 28.7. The maximum absolute atomic E-state index is 13.0. The van der Waals surface area contributed by atoms with Crippen molar-refractivity contribution in [3.63, 3.8) is 0 Å². The van der Waals surface area contributed by atoms with Crippen LogP contribution in [0.5, 0.6) is 5.75 Å². The molecular weight excluding hydrogens is 506 g/mol. The molecule has 10 nitrogen and oxygen atoms in total. The van der Waals surface area contributed by atoms with Crippen LogP contribution < -0.4 is 15.4 Å². The van der Waals surface area contributed by atoms with Gasteiger partial charge in [-0.25, -0.2) is 14.8 Å². The molecule has 3 N–H and O–H groups in total. The first-order valence-electron chi connectivity index (χ1n) is 13.6. The molecule has 0 saturated carbocycles. The highest BCUT2D eigenvalue weighted by molar-refractivity contribution is 5.88. The van der Waals surface area contributed by atoms with Crippen LogP contribution in [0, 0.1) is 0 Å². The summed E-state index contributed by atoms with van der Waals surface area (Å²) in [7, 11) is 0. The summed E-state index contributed by atoms with van der Waals surface area (Å²) in [5.41, 5.74) is 3.16. The molecule has 10 heteroatoms. The van der Waals surface area contributed by atoms with E-state index in [0.717, 1.165) is 40.5 Å². The second-order valence-electron chi connectivity index (χ2n) is 12.3. The van der Waals surface area contributed by atoms with Gasteiger partial charge in [0.15, 0.2) is 11.5 Å². The van der Waals surface area contributed by atoms with Gasteiger partial charge < -0.3 is 15.2 Å². The van der Waals surface area contributed by atoms with Gasteiger partial charge in [-0.3, -0.25) is 9.72 Å². The lowest BCUT2D eigenvalue weighted by molar-refractivity contribution is 0.171. The van der Waals surface area contributed by atoms with Gasteiger partial charge >= 0.3 is 6.03 Å². The largest absolute Gasteiger partial charge is 0.484 e. The molecule has 40 heavy (non-hydrogen) atoms. The van der Waals surface area contributed by atoms with Gasteiger partial charge in [-0.05, 0) is 36.1 Å². The zero-order valence-corrected chi connectivity index (χ0v) is 23.9. The Morgan fingerprint density at radius 2 is 1.75 bits per heavy atom. The Hall–Kier alpha value is -4.05. The number of aromatic nitrogens is 5. The van der Waals surface area contributed by atoms with Gasteiger partial charge in [0.05, 0.1) is 17.9 Å². The SMILES string of the molecule is CC(C)(C)c1cc(NC(=O)N[C@H]2CC[C@@H](Oc3ccc4nnc(C(C)(C)C)n4c3)c3ccccc32)nc(CO)n1. The molecule has 5 rings (SSSR count). The van der Waals surface area contributed by atoms with Crippen LogP contribution in [0.3, 0.4) is 0 Å². The minimum atomic E-state index is -0.366. The molecule has 0 unspecified atom stereocenters. The number of benzene rings is 1. The van der Waals surface area contributed by atoms with Crippen molar-refractivity contribution in [3.05, 3.63) is 77.1 Å².